The van der Waals surface area contributed by atoms with Crippen LogP contribution in [0.4, 0.5) is 0 Å². The molecule has 0 radical (unpaired) electrons. The van der Waals surface area contributed by atoms with E-state index in [1.807, 2.05) is 0 Å². The lowest BCUT2D eigenvalue weighted by atomic mass is 10.2. The average molecular weight is 210 g/mol. The maximum absolute atomic E-state index is 8.76. The molecule has 0 atom stereocenters. The third-order valence-corrected chi connectivity index (χ3v) is 2.25. The first kappa shape index (κ1) is 8.74. The van der Waals surface area contributed by atoms with Crippen LogP contribution in [0.25, 0.3) is 22.8 Å². The van der Waals surface area contributed by atoms with Crippen molar-refractivity contribution in [3.05, 3.63) is 42.2 Å². The summed E-state index contributed by atoms with van der Waals surface area (Å²) in [6, 6.07) is 10.7. The second-order valence-corrected chi connectivity index (χ2v) is 3.29. The minimum atomic E-state index is 0.426. The van der Waals surface area contributed by atoms with E-state index in [-0.39, 0.29) is 0 Å². The fourth-order valence-corrected chi connectivity index (χ4v) is 1.50. The van der Waals surface area contributed by atoms with E-state index >= 15 is 0 Å². The molecule has 0 N–H and O–H groups in total. The molecule has 0 fully saturated rings. The van der Waals surface area contributed by atoms with Crippen LogP contribution in [-0.2, 0) is 0 Å². The van der Waals surface area contributed by atoms with E-state index in [1.54, 1.807) is 36.6 Å². The van der Waals surface area contributed by atoms with Crippen LogP contribution in [0, 0.1) is 11.3 Å². The van der Waals surface area contributed by atoms with E-state index in [0.29, 0.717) is 28.3 Å². The molecule has 4 heteroatoms. The van der Waals surface area contributed by atoms with Crippen LogP contribution in [0.2, 0.25) is 0 Å². The van der Waals surface area contributed by atoms with E-state index < -0.39 is 0 Å². The molecule has 0 aliphatic rings. The Hall–Kier alpha value is -2.54. The standard InChI is InChI=1S/C12H6N2O2/c13-7-8-3-4-10-9(6-8)14-12(16-10)11-2-1-5-15-11/h1-6H. The van der Waals surface area contributed by atoms with Crippen molar-refractivity contribution in [2.75, 3.05) is 0 Å². The Balaban J connectivity index is 2.20. The fourth-order valence-electron chi connectivity index (χ4n) is 1.50. The van der Waals surface area contributed by atoms with Gasteiger partial charge in [-0.2, -0.15) is 5.26 Å². The van der Waals surface area contributed by atoms with Crippen LogP contribution in [0.15, 0.2) is 45.4 Å². The SMILES string of the molecule is N#Cc1ccc2oc(-c3ccco3)nc2c1. The minimum absolute atomic E-state index is 0.426. The highest BCUT2D eigenvalue weighted by molar-refractivity contribution is 5.76. The van der Waals surface area contributed by atoms with Gasteiger partial charge in [0.15, 0.2) is 11.3 Å². The predicted octanol–water partition coefficient (Wildman–Crippen LogP) is 2.96. The number of fused-ring (bicyclic) bond motifs is 1. The number of hydrogen-bond acceptors (Lipinski definition) is 4. The molecule has 76 valence electrons. The van der Waals surface area contributed by atoms with Gasteiger partial charge >= 0.3 is 0 Å². The molecule has 1 aromatic carbocycles. The van der Waals surface area contributed by atoms with Crippen LogP contribution in [-0.4, -0.2) is 4.98 Å². The van der Waals surface area contributed by atoms with Crippen LogP contribution in [0.1, 0.15) is 5.56 Å². The number of nitriles is 1. The number of oxazole rings is 1. The van der Waals surface area contributed by atoms with Crippen LogP contribution < -0.4 is 0 Å². The minimum Gasteiger partial charge on any atom is -0.459 e. The summed E-state index contributed by atoms with van der Waals surface area (Å²) in [6.07, 6.45) is 1.56. The van der Waals surface area contributed by atoms with E-state index in [9.17, 15) is 0 Å². The number of rotatable bonds is 1. The molecule has 0 saturated carbocycles. The van der Waals surface area contributed by atoms with Crippen LogP contribution in [0.3, 0.4) is 0 Å². The zero-order chi connectivity index (χ0) is 11.0. The maximum Gasteiger partial charge on any atom is 0.263 e. The summed E-state index contributed by atoms with van der Waals surface area (Å²) in [5.74, 6) is 1.00. The summed E-state index contributed by atoms with van der Waals surface area (Å²) in [7, 11) is 0. The van der Waals surface area contributed by atoms with Crippen molar-refractivity contribution in [1.29, 1.82) is 5.26 Å². The summed E-state index contributed by atoms with van der Waals surface area (Å²) < 4.78 is 10.7. The predicted molar refractivity (Wildman–Crippen MR) is 56.4 cm³/mol. The van der Waals surface area contributed by atoms with Gasteiger partial charge in [-0.15, -0.1) is 0 Å². The molecular formula is C12H6N2O2. The average Bonchev–Trinajstić information content (AvgIpc) is 2.96. The Labute approximate surface area is 90.7 Å². The van der Waals surface area contributed by atoms with Crippen molar-refractivity contribution < 1.29 is 8.83 Å². The van der Waals surface area contributed by atoms with Crippen molar-refractivity contribution >= 4 is 11.1 Å². The Morgan fingerprint density at radius 1 is 1.25 bits per heavy atom. The Morgan fingerprint density at radius 3 is 2.94 bits per heavy atom. The normalized spacial score (nSPS) is 10.4. The first-order valence-electron chi connectivity index (χ1n) is 4.71. The first-order valence-corrected chi connectivity index (χ1v) is 4.71. The van der Waals surface area contributed by atoms with Gasteiger partial charge in [-0.25, -0.2) is 4.98 Å². The second kappa shape index (κ2) is 3.24. The molecule has 4 nitrogen and oxygen atoms in total. The lowest BCUT2D eigenvalue weighted by molar-refractivity contribution is 0.535. The maximum atomic E-state index is 8.76. The molecule has 0 aliphatic heterocycles. The third-order valence-electron chi connectivity index (χ3n) is 2.25. The van der Waals surface area contributed by atoms with Crippen molar-refractivity contribution in [3.63, 3.8) is 0 Å². The van der Waals surface area contributed by atoms with Crippen LogP contribution in [0.5, 0.6) is 0 Å². The second-order valence-electron chi connectivity index (χ2n) is 3.29. The van der Waals surface area contributed by atoms with Crippen molar-refractivity contribution in [3.8, 4) is 17.7 Å². The molecule has 2 aromatic heterocycles. The first-order chi connectivity index (χ1) is 7.86. The monoisotopic (exact) mass is 210 g/mol. The summed E-state index contributed by atoms with van der Waals surface area (Å²) in [4.78, 5) is 4.25. The third kappa shape index (κ3) is 1.27. The highest BCUT2D eigenvalue weighted by Crippen LogP contribution is 2.24. The molecule has 0 bridgehead atoms. The summed E-state index contributed by atoms with van der Waals surface area (Å²) in [5.41, 5.74) is 1.86. The van der Waals surface area contributed by atoms with E-state index in [4.69, 9.17) is 14.1 Å². The highest BCUT2D eigenvalue weighted by atomic mass is 16.4. The lowest BCUT2D eigenvalue weighted by Gasteiger charge is -1.85. The Bertz CT molecular complexity index is 675. The summed E-state index contributed by atoms with van der Waals surface area (Å²) in [5, 5.41) is 8.76. The summed E-state index contributed by atoms with van der Waals surface area (Å²) >= 11 is 0. The van der Waals surface area contributed by atoms with Gasteiger partial charge in [-0.05, 0) is 30.3 Å². The van der Waals surface area contributed by atoms with Gasteiger partial charge in [-0.1, -0.05) is 0 Å². The van der Waals surface area contributed by atoms with Crippen LogP contribution >= 0.6 is 0 Å². The molecule has 0 saturated heterocycles. The Morgan fingerprint density at radius 2 is 2.19 bits per heavy atom. The molecule has 0 aliphatic carbocycles. The lowest BCUT2D eigenvalue weighted by Crippen LogP contribution is -1.74. The number of aromatic nitrogens is 1. The van der Waals surface area contributed by atoms with Gasteiger partial charge in [0.25, 0.3) is 5.89 Å². The molecular weight excluding hydrogens is 204 g/mol. The molecule has 3 aromatic rings. The topological polar surface area (TPSA) is 63.0 Å². The quantitative estimate of drug-likeness (QED) is 0.619. The zero-order valence-corrected chi connectivity index (χ0v) is 8.18. The fraction of sp³-hybridized carbons (Fsp3) is 0. The van der Waals surface area contributed by atoms with Crippen molar-refractivity contribution in [2.24, 2.45) is 0 Å². The number of benzene rings is 1. The van der Waals surface area contributed by atoms with Crippen molar-refractivity contribution in [1.82, 2.24) is 4.98 Å². The van der Waals surface area contributed by atoms with Gasteiger partial charge < -0.3 is 8.83 Å². The largest absolute Gasteiger partial charge is 0.459 e. The Kier molecular flexibility index (Phi) is 1.77. The van der Waals surface area contributed by atoms with Gasteiger partial charge in [0.05, 0.1) is 17.9 Å². The number of furan rings is 1. The van der Waals surface area contributed by atoms with E-state index in [1.165, 1.54) is 0 Å². The van der Waals surface area contributed by atoms with Gasteiger partial charge in [0.1, 0.15) is 5.52 Å². The molecule has 2 heterocycles. The van der Waals surface area contributed by atoms with Crippen molar-refractivity contribution in [2.45, 2.75) is 0 Å². The number of nitrogens with zero attached hydrogens (tertiary/aromatic N) is 2. The number of hydrogen-bond donors (Lipinski definition) is 0. The highest BCUT2D eigenvalue weighted by Gasteiger charge is 2.10. The molecule has 0 spiro atoms. The van der Waals surface area contributed by atoms with E-state index in [2.05, 4.69) is 11.1 Å². The van der Waals surface area contributed by atoms with E-state index in [0.717, 1.165) is 0 Å². The molecule has 3 rings (SSSR count). The molecule has 16 heavy (non-hydrogen) atoms. The summed E-state index contributed by atoms with van der Waals surface area (Å²) in [6.45, 7) is 0. The smallest absolute Gasteiger partial charge is 0.263 e. The molecule has 0 amide bonds. The van der Waals surface area contributed by atoms with Gasteiger partial charge in [-0.3, -0.25) is 0 Å². The molecule has 0 unspecified atom stereocenters. The van der Waals surface area contributed by atoms with Gasteiger partial charge in [0.2, 0.25) is 0 Å². The zero-order valence-electron chi connectivity index (χ0n) is 8.18. The van der Waals surface area contributed by atoms with Gasteiger partial charge in [0, 0.05) is 0 Å².